The average molecular weight is 339 g/mol. The predicted molar refractivity (Wildman–Crippen MR) is 95.2 cm³/mol. The van der Waals surface area contributed by atoms with Gasteiger partial charge >= 0.3 is 5.97 Å². The molecule has 0 aliphatic heterocycles. The van der Waals surface area contributed by atoms with Crippen LogP contribution in [0.5, 0.6) is 11.5 Å². The van der Waals surface area contributed by atoms with E-state index in [0.717, 1.165) is 11.0 Å². The highest BCUT2D eigenvalue weighted by Gasteiger charge is 2.23. The quantitative estimate of drug-likeness (QED) is 0.581. The molecule has 2 aromatic carbocycles. The van der Waals surface area contributed by atoms with Crippen LogP contribution < -0.4 is 4.74 Å². The van der Waals surface area contributed by atoms with Crippen LogP contribution in [0, 0.1) is 0 Å². The van der Waals surface area contributed by atoms with E-state index in [0.29, 0.717) is 17.0 Å². The average Bonchev–Trinajstić information content (AvgIpc) is 2.98. The molecule has 3 rings (SSSR count). The molecule has 1 aromatic heterocycles. The van der Waals surface area contributed by atoms with E-state index in [1.807, 2.05) is 45.0 Å². The van der Waals surface area contributed by atoms with Crippen LogP contribution in [0.3, 0.4) is 0 Å². The SMILES string of the molecule is CCC(=O)Oc1cc(C(C)(C)C)c(O)cc1-n1nc2ccccc2n1. The van der Waals surface area contributed by atoms with Crippen LogP contribution in [-0.2, 0) is 10.2 Å². The van der Waals surface area contributed by atoms with Crippen molar-refractivity contribution < 1.29 is 14.6 Å². The molecule has 0 aliphatic carbocycles. The van der Waals surface area contributed by atoms with E-state index >= 15 is 0 Å². The van der Waals surface area contributed by atoms with E-state index in [2.05, 4.69) is 10.2 Å². The number of hydrogen-bond donors (Lipinski definition) is 1. The number of carbonyl (C=O) groups excluding carboxylic acids is 1. The van der Waals surface area contributed by atoms with Crippen molar-refractivity contribution in [1.82, 2.24) is 15.0 Å². The Kier molecular flexibility index (Phi) is 4.20. The fraction of sp³-hybridized carbons (Fsp3) is 0.316. The number of esters is 1. The number of hydrogen-bond acceptors (Lipinski definition) is 5. The minimum absolute atomic E-state index is 0.111. The molecule has 3 aromatic rings. The number of carbonyl (C=O) groups is 1. The van der Waals surface area contributed by atoms with Crippen molar-refractivity contribution in [3.63, 3.8) is 0 Å². The van der Waals surface area contributed by atoms with Crippen molar-refractivity contribution in [3.8, 4) is 17.2 Å². The summed E-state index contributed by atoms with van der Waals surface area (Å²) in [5.41, 5.74) is 2.23. The van der Waals surface area contributed by atoms with E-state index in [1.165, 1.54) is 10.9 Å². The summed E-state index contributed by atoms with van der Waals surface area (Å²) in [5.74, 6) is 0.0820. The maximum atomic E-state index is 11.8. The van der Waals surface area contributed by atoms with Crippen LogP contribution >= 0.6 is 0 Å². The number of phenolic OH excluding ortho intramolecular Hbond substituents is 1. The Bertz CT molecular complexity index is 906. The van der Waals surface area contributed by atoms with Crippen LogP contribution in [0.15, 0.2) is 36.4 Å². The lowest BCUT2D eigenvalue weighted by Gasteiger charge is -2.22. The first-order chi connectivity index (χ1) is 11.8. The second kappa shape index (κ2) is 6.20. The fourth-order valence-electron chi connectivity index (χ4n) is 2.56. The minimum atomic E-state index is -0.358. The normalized spacial score (nSPS) is 11.7. The Morgan fingerprint density at radius 2 is 1.76 bits per heavy atom. The smallest absolute Gasteiger partial charge is 0.310 e. The van der Waals surface area contributed by atoms with Gasteiger partial charge in [0.05, 0.1) is 0 Å². The third-order valence-corrected chi connectivity index (χ3v) is 3.90. The standard InChI is InChI=1S/C19H21N3O3/c1-5-18(24)25-17-10-12(19(2,3)4)16(23)11-15(17)22-20-13-8-6-7-9-14(13)21-22/h6-11,23H,5H2,1-4H3. The second-order valence-electron chi connectivity index (χ2n) is 6.89. The zero-order valence-electron chi connectivity index (χ0n) is 14.8. The highest BCUT2D eigenvalue weighted by Crippen LogP contribution is 2.37. The second-order valence-corrected chi connectivity index (χ2v) is 6.89. The van der Waals surface area contributed by atoms with Crippen molar-refractivity contribution in [2.45, 2.75) is 39.5 Å². The first kappa shape index (κ1) is 17.0. The molecular formula is C19H21N3O3. The summed E-state index contributed by atoms with van der Waals surface area (Å²) in [4.78, 5) is 13.2. The monoisotopic (exact) mass is 339 g/mol. The Hall–Kier alpha value is -2.89. The van der Waals surface area contributed by atoms with E-state index in [1.54, 1.807) is 13.0 Å². The van der Waals surface area contributed by atoms with Gasteiger partial charge in [-0.2, -0.15) is 0 Å². The number of ether oxygens (including phenoxy) is 1. The van der Waals surface area contributed by atoms with Crippen molar-refractivity contribution >= 4 is 17.0 Å². The molecule has 6 nitrogen and oxygen atoms in total. The zero-order chi connectivity index (χ0) is 18.2. The molecule has 0 amide bonds. The molecule has 1 heterocycles. The molecule has 0 saturated carbocycles. The molecule has 0 spiro atoms. The van der Waals surface area contributed by atoms with Gasteiger partial charge in [-0.05, 0) is 23.6 Å². The first-order valence-corrected chi connectivity index (χ1v) is 8.20. The van der Waals surface area contributed by atoms with Crippen molar-refractivity contribution in [2.24, 2.45) is 0 Å². The predicted octanol–water partition coefficient (Wildman–Crippen LogP) is 3.74. The number of nitrogens with zero attached hydrogens (tertiary/aromatic N) is 3. The van der Waals surface area contributed by atoms with Crippen LogP contribution in [0.1, 0.15) is 39.7 Å². The summed E-state index contributed by atoms with van der Waals surface area (Å²) in [6, 6.07) is 10.7. The third-order valence-electron chi connectivity index (χ3n) is 3.90. The lowest BCUT2D eigenvalue weighted by Crippen LogP contribution is -2.15. The summed E-state index contributed by atoms with van der Waals surface area (Å²) in [5, 5.41) is 19.3. The highest BCUT2D eigenvalue weighted by molar-refractivity contribution is 5.75. The number of fused-ring (bicyclic) bond motifs is 1. The van der Waals surface area contributed by atoms with E-state index in [9.17, 15) is 9.90 Å². The summed E-state index contributed by atoms with van der Waals surface area (Å²) in [7, 11) is 0. The Labute approximate surface area is 146 Å². The molecule has 25 heavy (non-hydrogen) atoms. The third kappa shape index (κ3) is 3.33. The fourth-order valence-corrected chi connectivity index (χ4v) is 2.56. The molecule has 0 saturated heterocycles. The first-order valence-electron chi connectivity index (χ1n) is 8.20. The van der Waals surface area contributed by atoms with E-state index in [-0.39, 0.29) is 23.6 Å². The maximum absolute atomic E-state index is 11.8. The van der Waals surface area contributed by atoms with Gasteiger partial charge in [-0.1, -0.05) is 39.8 Å². The maximum Gasteiger partial charge on any atom is 0.310 e. The minimum Gasteiger partial charge on any atom is -0.508 e. The number of benzene rings is 2. The van der Waals surface area contributed by atoms with Gasteiger partial charge in [0.15, 0.2) is 5.75 Å². The van der Waals surface area contributed by atoms with Crippen LogP contribution in [-0.4, -0.2) is 26.1 Å². The van der Waals surface area contributed by atoms with Gasteiger partial charge in [0, 0.05) is 18.1 Å². The van der Waals surface area contributed by atoms with Gasteiger partial charge in [-0.25, -0.2) is 0 Å². The molecule has 0 bridgehead atoms. The van der Waals surface area contributed by atoms with Crippen molar-refractivity contribution in [2.75, 3.05) is 0 Å². The summed E-state index contributed by atoms with van der Waals surface area (Å²) < 4.78 is 5.49. The van der Waals surface area contributed by atoms with Gasteiger partial charge in [0.2, 0.25) is 0 Å². The number of aromatic hydroxyl groups is 1. The van der Waals surface area contributed by atoms with Gasteiger partial charge in [-0.3, -0.25) is 4.79 Å². The highest BCUT2D eigenvalue weighted by atomic mass is 16.5. The summed E-state index contributed by atoms with van der Waals surface area (Å²) >= 11 is 0. The molecule has 0 radical (unpaired) electrons. The molecular weight excluding hydrogens is 318 g/mol. The van der Waals surface area contributed by atoms with Gasteiger partial charge < -0.3 is 9.84 Å². The van der Waals surface area contributed by atoms with Gasteiger partial charge in [0.25, 0.3) is 0 Å². The summed E-state index contributed by atoms with van der Waals surface area (Å²) in [6.45, 7) is 7.67. The van der Waals surface area contributed by atoms with E-state index in [4.69, 9.17) is 4.74 Å². The van der Waals surface area contributed by atoms with Crippen LogP contribution in [0.2, 0.25) is 0 Å². The lowest BCUT2D eigenvalue weighted by atomic mass is 9.86. The Morgan fingerprint density at radius 1 is 1.16 bits per heavy atom. The zero-order valence-corrected chi connectivity index (χ0v) is 14.8. The molecule has 0 fully saturated rings. The number of phenols is 1. The molecule has 130 valence electrons. The molecule has 6 heteroatoms. The molecule has 1 N–H and O–H groups in total. The summed E-state index contributed by atoms with van der Waals surface area (Å²) in [6.07, 6.45) is 0.250. The van der Waals surface area contributed by atoms with E-state index < -0.39 is 0 Å². The lowest BCUT2D eigenvalue weighted by molar-refractivity contribution is -0.134. The largest absolute Gasteiger partial charge is 0.508 e. The topological polar surface area (TPSA) is 77.2 Å². The van der Waals surface area contributed by atoms with Crippen molar-refractivity contribution in [1.29, 1.82) is 0 Å². The molecule has 0 atom stereocenters. The Balaban J connectivity index is 2.19. The number of aromatic nitrogens is 3. The molecule has 0 aliphatic rings. The Morgan fingerprint density at radius 3 is 2.28 bits per heavy atom. The number of rotatable bonds is 3. The van der Waals surface area contributed by atoms with Crippen LogP contribution in [0.4, 0.5) is 0 Å². The van der Waals surface area contributed by atoms with Crippen molar-refractivity contribution in [3.05, 3.63) is 42.0 Å². The van der Waals surface area contributed by atoms with Crippen LogP contribution in [0.25, 0.3) is 16.7 Å². The molecule has 0 unspecified atom stereocenters. The van der Waals surface area contributed by atoms with Gasteiger partial charge in [0.1, 0.15) is 22.5 Å². The van der Waals surface area contributed by atoms with Gasteiger partial charge in [-0.15, -0.1) is 15.0 Å².